The molecule has 2 aromatic rings. The van der Waals surface area contributed by atoms with Crippen LogP contribution < -0.4 is 0 Å². The predicted octanol–water partition coefficient (Wildman–Crippen LogP) is 2.31. The molecule has 1 N–H and O–H groups in total. The van der Waals surface area contributed by atoms with Gasteiger partial charge in [-0.2, -0.15) is 4.68 Å². The molecular formula is C14H18N4OS. The monoisotopic (exact) mass is 290 g/mol. The maximum atomic E-state index is 9.26. The third-order valence-corrected chi connectivity index (χ3v) is 4.53. The Bertz CT molecular complexity index is 545. The first-order valence-corrected chi connectivity index (χ1v) is 7.98. The van der Waals surface area contributed by atoms with E-state index in [4.69, 9.17) is 0 Å². The van der Waals surface area contributed by atoms with Crippen molar-refractivity contribution in [3.05, 3.63) is 30.3 Å². The van der Waals surface area contributed by atoms with Crippen LogP contribution in [-0.4, -0.2) is 37.2 Å². The largest absolute Gasteiger partial charge is 0.393 e. The second-order valence-electron chi connectivity index (χ2n) is 5.12. The Balaban J connectivity index is 1.47. The van der Waals surface area contributed by atoms with E-state index in [2.05, 4.69) is 15.5 Å². The number of hydrogen-bond acceptors (Lipinski definition) is 5. The zero-order valence-electron chi connectivity index (χ0n) is 11.2. The molecule has 0 amide bonds. The fourth-order valence-corrected chi connectivity index (χ4v) is 3.10. The summed E-state index contributed by atoms with van der Waals surface area (Å²) in [5.74, 6) is 1.57. The number of rotatable bonds is 7. The van der Waals surface area contributed by atoms with Crippen molar-refractivity contribution in [2.75, 3.05) is 5.75 Å². The molecule has 0 unspecified atom stereocenters. The highest BCUT2D eigenvalue weighted by Gasteiger charge is 2.33. The Kier molecular flexibility index (Phi) is 4.32. The van der Waals surface area contributed by atoms with Crippen molar-refractivity contribution in [3.63, 3.8) is 0 Å². The van der Waals surface area contributed by atoms with Crippen LogP contribution in [0.4, 0.5) is 0 Å². The highest BCUT2D eigenvalue weighted by atomic mass is 32.2. The third kappa shape index (κ3) is 3.37. The van der Waals surface area contributed by atoms with Gasteiger partial charge in [0.05, 0.1) is 11.8 Å². The smallest absolute Gasteiger partial charge is 0.214 e. The molecule has 1 heterocycles. The van der Waals surface area contributed by atoms with E-state index in [0.717, 1.165) is 35.9 Å². The summed E-state index contributed by atoms with van der Waals surface area (Å²) < 4.78 is 1.77. The van der Waals surface area contributed by atoms with Crippen molar-refractivity contribution in [3.8, 4) is 5.69 Å². The molecule has 3 rings (SSSR count). The molecule has 0 radical (unpaired) electrons. The molecular weight excluding hydrogens is 272 g/mol. The second kappa shape index (κ2) is 6.37. The minimum absolute atomic E-state index is 0.0203. The molecule has 1 aromatic carbocycles. The molecule has 0 aliphatic heterocycles. The lowest BCUT2D eigenvalue weighted by atomic mass is 10.2. The van der Waals surface area contributed by atoms with Gasteiger partial charge in [0.2, 0.25) is 5.16 Å². The Hall–Kier alpha value is -1.40. The number of hydrogen-bond donors (Lipinski definition) is 1. The Labute approximate surface area is 122 Å². The summed E-state index contributed by atoms with van der Waals surface area (Å²) in [5.41, 5.74) is 0.987. The summed E-state index contributed by atoms with van der Waals surface area (Å²) in [6.45, 7) is 0. The van der Waals surface area contributed by atoms with Crippen LogP contribution in [-0.2, 0) is 0 Å². The van der Waals surface area contributed by atoms with Gasteiger partial charge in [-0.05, 0) is 47.7 Å². The van der Waals surface area contributed by atoms with E-state index in [1.165, 1.54) is 6.42 Å². The molecule has 0 bridgehead atoms. The van der Waals surface area contributed by atoms with Crippen LogP contribution >= 0.6 is 11.8 Å². The van der Waals surface area contributed by atoms with Crippen molar-refractivity contribution < 1.29 is 5.11 Å². The van der Waals surface area contributed by atoms with Crippen LogP contribution in [0.15, 0.2) is 35.5 Å². The number of aliphatic hydroxyl groups is 1. The standard InChI is InChI=1S/C14H18N4OS/c19-13-10-11(13)6-4-5-9-20-14-15-16-17-18(14)12-7-2-1-3-8-12/h1-3,7-8,11,13,19H,4-6,9-10H2/t11-,13-/m1/s1. The Morgan fingerprint density at radius 1 is 1.25 bits per heavy atom. The molecule has 106 valence electrons. The highest BCUT2D eigenvalue weighted by molar-refractivity contribution is 7.99. The molecule has 0 saturated heterocycles. The molecule has 5 nitrogen and oxygen atoms in total. The van der Waals surface area contributed by atoms with Crippen LogP contribution in [0.25, 0.3) is 5.69 Å². The van der Waals surface area contributed by atoms with E-state index in [1.807, 2.05) is 30.3 Å². The number of para-hydroxylation sites is 1. The van der Waals surface area contributed by atoms with Gasteiger partial charge in [-0.25, -0.2) is 0 Å². The van der Waals surface area contributed by atoms with Crippen molar-refractivity contribution in [2.45, 2.75) is 36.9 Å². The van der Waals surface area contributed by atoms with Crippen LogP contribution in [0.1, 0.15) is 25.7 Å². The van der Waals surface area contributed by atoms with Gasteiger partial charge >= 0.3 is 0 Å². The van der Waals surface area contributed by atoms with E-state index < -0.39 is 0 Å². The molecule has 1 aliphatic carbocycles. The SMILES string of the molecule is O[C@@H]1C[C@H]1CCCCSc1nnnn1-c1ccccc1. The first-order chi connectivity index (χ1) is 9.84. The lowest BCUT2D eigenvalue weighted by molar-refractivity contribution is 0.256. The summed E-state index contributed by atoms with van der Waals surface area (Å²) in [4.78, 5) is 0. The summed E-state index contributed by atoms with van der Waals surface area (Å²) in [5, 5.41) is 22.0. The molecule has 1 aliphatic rings. The van der Waals surface area contributed by atoms with Gasteiger partial charge in [0.25, 0.3) is 0 Å². The first kappa shape index (κ1) is 13.6. The third-order valence-electron chi connectivity index (χ3n) is 3.53. The van der Waals surface area contributed by atoms with Gasteiger partial charge in [0.1, 0.15) is 0 Å². The van der Waals surface area contributed by atoms with Gasteiger partial charge in [-0.1, -0.05) is 36.4 Å². The highest BCUT2D eigenvalue weighted by Crippen LogP contribution is 2.34. The minimum Gasteiger partial charge on any atom is -0.393 e. The van der Waals surface area contributed by atoms with Gasteiger partial charge in [0, 0.05) is 5.75 Å². The fraction of sp³-hybridized carbons (Fsp3) is 0.500. The fourth-order valence-electron chi connectivity index (χ4n) is 2.21. The molecule has 6 heteroatoms. The van der Waals surface area contributed by atoms with Gasteiger partial charge in [-0.15, -0.1) is 5.10 Å². The Morgan fingerprint density at radius 2 is 2.05 bits per heavy atom. The number of aliphatic hydroxyl groups excluding tert-OH is 1. The number of thioether (sulfide) groups is 1. The number of nitrogens with zero attached hydrogens (tertiary/aromatic N) is 4. The van der Waals surface area contributed by atoms with E-state index in [1.54, 1.807) is 16.4 Å². The van der Waals surface area contributed by atoms with Crippen molar-refractivity contribution in [1.29, 1.82) is 0 Å². The lowest BCUT2D eigenvalue weighted by Crippen LogP contribution is -1.99. The minimum atomic E-state index is -0.0203. The number of aromatic nitrogens is 4. The van der Waals surface area contributed by atoms with E-state index in [-0.39, 0.29) is 6.10 Å². The van der Waals surface area contributed by atoms with Crippen LogP contribution in [0, 0.1) is 5.92 Å². The first-order valence-electron chi connectivity index (χ1n) is 6.99. The molecule has 2 atom stereocenters. The molecule has 0 spiro atoms. The zero-order chi connectivity index (χ0) is 13.8. The molecule has 20 heavy (non-hydrogen) atoms. The normalized spacial score (nSPS) is 21.1. The summed E-state index contributed by atoms with van der Waals surface area (Å²) in [6, 6.07) is 9.93. The van der Waals surface area contributed by atoms with Gasteiger partial charge in [0.15, 0.2) is 0 Å². The van der Waals surface area contributed by atoms with Gasteiger partial charge < -0.3 is 5.11 Å². The maximum absolute atomic E-state index is 9.26. The van der Waals surface area contributed by atoms with Crippen LogP contribution in [0.2, 0.25) is 0 Å². The van der Waals surface area contributed by atoms with Crippen molar-refractivity contribution in [1.82, 2.24) is 20.2 Å². The topological polar surface area (TPSA) is 63.8 Å². The number of tetrazole rings is 1. The maximum Gasteiger partial charge on any atom is 0.214 e. The van der Waals surface area contributed by atoms with Crippen LogP contribution in [0.3, 0.4) is 0 Å². The van der Waals surface area contributed by atoms with Crippen molar-refractivity contribution >= 4 is 11.8 Å². The molecule has 1 aromatic heterocycles. The summed E-state index contributed by atoms with van der Waals surface area (Å²) >= 11 is 1.69. The average Bonchev–Trinajstić information content (AvgIpc) is 3.00. The van der Waals surface area contributed by atoms with Crippen molar-refractivity contribution in [2.24, 2.45) is 5.92 Å². The second-order valence-corrected chi connectivity index (χ2v) is 6.18. The molecule has 1 saturated carbocycles. The zero-order valence-corrected chi connectivity index (χ0v) is 12.0. The summed E-state index contributed by atoms with van der Waals surface area (Å²) in [7, 11) is 0. The van der Waals surface area contributed by atoms with Crippen LogP contribution in [0.5, 0.6) is 0 Å². The Morgan fingerprint density at radius 3 is 2.80 bits per heavy atom. The lowest BCUT2D eigenvalue weighted by Gasteiger charge is -2.03. The average molecular weight is 290 g/mol. The van der Waals surface area contributed by atoms with E-state index >= 15 is 0 Å². The predicted molar refractivity (Wildman–Crippen MR) is 77.8 cm³/mol. The van der Waals surface area contributed by atoms with Gasteiger partial charge in [-0.3, -0.25) is 0 Å². The number of unbranched alkanes of at least 4 members (excludes halogenated alkanes) is 1. The quantitative estimate of drug-likeness (QED) is 0.626. The van der Waals surface area contributed by atoms with E-state index in [9.17, 15) is 5.11 Å². The number of benzene rings is 1. The van der Waals surface area contributed by atoms with E-state index in [0.29, 0.717) is 5.92 Å². The molecule has 1 fully saturated rings. The summed E-state index contributed by atoms with van der Waals surface area (Å²) in [6.07, 6.45) is 4.43.